The molecular weight excluding hydrogens is 306 g/mol. The third-order valence-electron chi connectivity index (χ3n) is 6.31. The van der Waals surface area contributed by atoms with Crippen LogP contribution in [0.25, 0.3) is 4.96 Å². The summed E-state index contributed by atoms with van der Waals surface area (Å²) in [5, 5.41) is 5.25. The minimum Gasteiger partial charge on any atom is -0.355 e. The highest BCUT2D eigenvalue weighted by Gasteiger charge is 2.50. The van der Waals surface area contributed by atoms with E-state index < -0.39 is 0 Å². The molecule has 0 atom stereocenters. The van der Waals surface area contributed by atoms with Crippen LogP contribution in [0.1, 0.15) is 44.2 Å². The lowest BCUT2D eigenvalue weighted by atomic mass is 9.49. The van der Waals surface area contributed by atoms with Gasteiger partial charge in [-0.05, 0) is 61.7 Å². The molecule has 1 amide bonds. The van der Waals surface area contributed by atoms with Gasteiger partial charge in [0, 0.05) is 24.3 Å². The second kappa shape index (κ2) is 5.07. The Morgan fingerprint density at radius 2 is 1.96 bits per heavy atom. The van der Waals surface area contributed by atoms with E-state index in [1.807, 2.05) is 22.2 Å². The first-order valence-corrected chi connectivity index (χ1v) is 9.73. The van der Waals surface area contributed by atoms with Gasteiger partial charge in [0.2, 0.25) is 5.91 Å². The molecule has 6 rings (SSSR count). The van der Waals surface area contributed by atoms with Crippen LogP contribution in [0.5, 0.6) is 0 Å². The van der Waals surface area contributed by atoms with Gasteiger partial charge in [0.1, 0.15) is 0 Å². The summed E-state index contributed by atoms with van der Waals surface area (Å²) in [6.07, 6.45) is 12.8. The maximum absolute atomic E-state index is 12.3. The van der Waals surface area contributed by atoms with Crippen LogP contribution >= 0.6 is 11.3 Å². The van der Waals surface area contributed by atoms with Crippen molar-refractivity contribution in [3.05, 3.63) is 23.5 Å². The molecule has 4 saturated carbocycles. The Bertz CT molecular complexity index is 683. The van der Waals surface area contributed by atoms with Crippen molar-refractivity contribution < 1.29 is 4.79 Å². The summed E-state index contributed by atoms with van der Waals surface area (Å²) in [6.45, 7) is 0.886. The summed E-state index contributed by atoms with van der Waals surface area (Å²) in [6, 6.07) is 0. The first-order valence-electron chi connectivity index (χ1n) is 8.85. The molecule has 0 aromatic carbocycles. The van der Waals surface area contributed by atoms with E-state index in [2.05, 4.69) is 10.3 Å². The van der Waals surface area contributed by atoms with Crippen LogP contribution in [-0.2, 0) is 11.2 Å². The zero-order valence-electron chi connectivity index (χ0n) is 13.3. The predicted octanol–water partition coefficient (Wildman–Crippen LogP) is 3.27. The molecule has 2 aromatic heterocycles. The number of amides is 1. The van der Waals surface area contributed by atoms with Crippen LogP contribution in [0.15, 0.2) is 17.8 Å². The van der Waals surface area contributed by atoms with Gasteiger partial charge >= 0.3 is 0 Å². The fraction of sp³-hybridized carbons (Fsp3) is 0.667. The van der Waals surface area contributed by atoms with E-state index >= 15 is 0 Å². The minimum atomic E-state index is 0.131. The van der Waals surface area contributed by atoms with Crippen LogP contribution in [0.3, 0.4) is 0 Å². The van der Waals surface area contributed by atoms with Crippen LogP contribution in [0, 0.1) is 23.2 Å². The third-order valence-corrected chi connectivity index (χ3v) is 7.08. The number of aromatic nitrogens is 2. The summed E-state index contributed by atoms with van der Waals surface area (Å²) in [4.78, 5) is 17.8. The molecule has 4 bridgehead atoms. The Morgan fingerprint density at radius 3 is 2.61 bits per heavy atom. The molecule has 0 aliphatic heterocycles. The van der Waals surface area contributed by atoms with E-state index in [0.717, 1.165) is 35.0 Å². The van der Waals surface area contributed by atoms with Crippen LogP contribution in [0.4, 0.5) is 0 Å². The van der Waals surface area contributed by atoms with Gasteiger partial charge in [-0.25, -0.2) is 4.98 Å². The Balaban J connectivity index is 1.22. The molecule has 23 heavy (non-hydrogen) atoms. The number of rotatable bonds is 4. The highest BCUT2D eigenvalue weighted by atomic mass is 32.1. The number of thiazole rings is 1. The lowest BCUT2D eigenvalue weighted by Gasteiger charge is -2.56. The van der Waals surface area contributed by atoms with Crippen molar-refractivity contribution in [2.24, 2.45) is 23.2 Å². The predicted molar refractivity (Wildman–Crippen MR) is 90.4 cm³/mol. The minimum absolute atomic E-state index is 0.131. The maximum atomic E-state index is 12.3. The largest absolute Gasteiger partial charge is 0.355 e. The number of fused-ring (bicyclic) bond motifs is 1. The van der Waals surface area contributed by atoms with Gasteiger partial charge in [-0.1, -0.05) is 0 Å². The fourth-order valence-corrected chi connectivity index (χ4v) is 6.60. The smallest absolute Gasteiger partial charge is 0.226 e. The molecule has 122 valence electrons. The van der Waals surface area contributed by atoms with E-state index in [9.17, 15) is 4.79 Å². The molecule has 0 radical (unpaired) electrons. The van der Waals surface area contributed by atoms with Crippen molar-refractivity contribution in [1.29, 1.82) is 0 Å². The Labute approximate surface area is 140 Å². The second-order valence-electron chi connectivity index (χ2n) is 8.20. The number of carbonyl (C=O) groups excluding carboxylic acids is 1. The molecular formula is C18H23N3OS. The van der Waals surface area contributed by atoms with E-state index in [-0.39, 0.29) is 5.91 Å². The summed E-state index contributed by atoms with van der Waals surface area (Å²) >= 11 is 1.61. The maximum Gasteiger partial charge on any atom is 0.226 e. The molecule has 2 aromatic rings. The number of hydrogen-bond acceptors (Lipinski definition) is 3. The van der Waals surface area contributed by atoms with Crippen molar-refractivity contribution in [2.75, 3.05) is 6.54 Å². The van der Waals surface area contributed by atoms with Gasteiger partial charge in [0.25, 0.3) is 0 Å². The van der Waals surface area contributed by atoms with Crippen molar-refractivity contribution in [1.82, 2.24) is 14.7 Å². The zero-order chi connectivity index (χ0) is 15.4. The van der Waals surface area contributed by atoms with Crippen LogP contribution in [0.2, 0.25) is 0 Å². The second-order valence-corrected chi connectivity index (χ2v) is 9.07. The molecule has 1 N–H and O–H groups in total. The SMILES string of the molecule is O=C(Cc1cn2ccsc2n1)NCC12CC3CC(CC(C3)C1)C2. The van der Waals surface area contributed by atoms with Gasteiger partial charge in [0.05, 0.1) is 12.1 Å². The Kier molecular flexibility index (Phi) is 3.09. The molecule has 0 spiro atoms. The first kappa shape index (κ1) is 14.0. The lowest BCUT2D eigenvalue weighted by Crippen LogP contribution is -2.51. The topological polar surface area (TPSA) is 46.4 Å². The number of carbonyl (C=O) groups is 1. The Morgan fingerprint density at radius 1 is 1.26 bits per heavy atom. The summed E-state index contributed by atoms with van der Waals surface area (Å²) in [5.41, 5.74) is 1.29. The molecule has 0 unspecified atom stereocenters. The highest BCUT2D eigenvalue weighted by Crippen LogP contribution is 2.59. The van der Waals surface area contributed by atoms with Gasteiger partial charge in [-0.3, -0.25) is 9.20 Å². The lowest BCUT2D eigenvalue weighted by molar-refractivity contribution is -0.122. The summed E-state index contributed by atoms with van der Waals surface area (Å²) in [7, 11) is 0. The third kappa shape index (κ3) is 2.49. The monoisotopic (exact) mass is 329 g/mol. The van der Waals surface area contributed by atoms with Gasteiger partial charge in [0.15, 0.2) is 4.96 Å². The summed E-state index contributed by atoms with van der Waals surface area (Å²) < 4.78 is 1.99. The summed E-state index contributed by atoms with van der Waals surface area (Å²) in [5.74, 6) is 2.96. The number of hydrogen-bond donors (Lipinski definition) is 1. The van der Waals surface area contributed by atoms with E-state index in [1.54, 1.807) is 11.3 Å². The molecule has 2 heterocycles. The Hall–Kier alpha value is -1.36. The van der Waals surface area contributed by atoms with Crippen LogP contribution < -0.4 is 5.32 Å². The van der Waals surface area contributed by atoms with Crippen molar-refractivity contribution in [3.8, 4) is 0 Å². The number of nitrogens with zero attached hydrogens (tertiary/aromatic N) is 2. The van der Waals surface area contributed by atoms with Gasteiger partial charge in [-0.2, -0.15) is 0 Å². The fourth-order valence-electron chi connectivity index (χ4n) is 5.88. The van der Waals surface area contributed by atoms with Crippen molar-refractivity contribution >= 4 is 22.2 Å². The number of imidazole rings is 1. The van der Waals surface area contributed by atoms with E-state index in [0.29, 0.717) is 11.8 Å². The first-order chi connectivity index (χ1) is 11.2. The average molecular weight is 329 g/mol. The van der Waals surface area contributed by atoms with Crippen molar-refractivity contribution in [3.63, 3.8) is 0 Å². The molecule has 4 fully saturated rings. The van der Waals surface area contributed by atoms with Crippen molar-refractivity contribution in [2.45, 2.75) is 44.9 Å². The normalized spacial score (nSPS) is 35.0. The standard InChI is InChI=1S/C18H23N3OS/c22-16(6-15-10-21-1-2-23-17(21)20-15)19-11-18-7-12-3-13(8-18)5-14(4-12)9-18/h1-2,10,12-14H,3-9,11H2,(H,19,22). The molecule has 5 heteroatoms. The quantitative estimate of drug-likeness (QED) is 0.936. The zero-order valence-corrected chi connectivity index (χ0v) is 14.1. The van der Waals surface area contributed by atoms with Gasteiger partial charge < -0.3 is 5.32 Å². The van der Waals surface area contributed by atoms with E-state index in [1.165, 1.54) is 38.5 Å². The number of nitrogens with one attached hydrogen (secondary N) is 1. The average Bonchev–Trinajstić information content (AvgIpc) is 3.05. The van der Waals surface area contributed by atoms with Gasteiger partial charge in [-0.15, -0.1) is 11.3 Å². The van der Waals surface area contributed by atoms with E-state index in [4.69, 9.17) is 0 Å². The molecule has 4 aliphatic rings. The highest BCUT2D eigenvalue weighted by molar-refractivity contribution is 7.15. The van der Waals surface area contributed by atoms with Crippen LogP contribution in [-0.4, -0.2) is 21.8 Å². The molecule has 4 aliphatic carbocycles. The molecule has 0 saturated heterocycles. The molecule has 4 nitrogen and oxygen atoms in total.